The van der Waals surface area contributed by atoms with Gasteiger partial charge in [-0.2, -0.15) is 0 Å². The summed E-state index contributed by atoms with van der Waals surface area (Å²) in [5.41, 5.74) is 9.84. The van der Waals surface area contributed by atoms with Gasteiger partial charge in [-0.15, -0.1) is 23.7 Å². The van der Waals surface area contributed by atoms with E-state index in [0.717, 1.165) is 23.4 Å². The van der Waals surface area contributed by atoms with E-state index in [4.69, 9.17) is 5.73 Å². The third kappa shape index (κ3) is 4.14. The second kappa shape index (κ2) is 7.95. The highest BCUT2D eigenvalue weighted by Crippen LogP contribution is 2.37. The summed E-state index contributed by atoms with van der Waals surface area (Å²) in [6, 6.07) is 9.53. The number of nitrogens with one attached hydrogen (secondary N) is 1. The second-order valence-electron chi connectivity index (χ2n) is 5.93. The highest BCUT2D eigenvalue weighted by atomic mass is 35.5. The molecule has 0 fully saturated rings. The van der Waals surface area contributed by atoms with E-state index in [2.05, 4.69) is 12.2 Å². The van der Waals surface area contributed by atoms with Crippen LogP contribution in [-0.2, 0) is 17.6 Å². The van der Waals surface area contributed by atoms with E-state index < -0.39 is 0 Å². The number of hydrogen-bond donors (Lipinski definition) is 2. The van der Waals surface area contributed by atoms with Crippen LogP contribution in [-0.4, -0.2) is 5.91 Å². The first-order chi connectivity index (χ1) is 10.6. The van der Waals surface area contributed by atoms with Crippen LogP contribution in [0.4, 0.5) is 5.00 Å². The average Bonchev–Trinajstić information content (AvgIpc) is 2.84. The molecule has 0 spiro atoms. The Hall–Kier alpha value is -1.36. The van der Waals surface area contributed by atoms with Crippen LogP contribution in [0.2, 0.25) is 0 Å². The van der Waals surface area contributed by atoms with Crippen molar-refractivity contribution in [2.75, 3.05) is 5.32 Å². The number of rotatable bonds is 4. The number of aryl methyl sites for hydroxylation is 1. The summed E-state index contributed by atoms with van der Waals surface area (Å²) in [6.07, 6.45) is 5.14. The van der Waals surface area contributed by atoms with E-state index in [0.29, 0.717) is 6.42 Å². The molecule has 3 nitrogen and oxygen atoms in total. The lowest BCUT2D eigenvalue weighted by Crippen LogP contribution is -2.20. The van der Waals surface area contributed by atoms with Crippen LogP contribution in [0.3, 0.4) is 0 Å². The van der Waals surface area contributed by atoms with Crippen LogP contribution < -0.4 is 11.1 Å². The smallest absolute Gasteiger partial charge is 0.226 e. The Balaban J connectivity index is 0.00000192. The monoisotopic (exact) mass is 350 g/mol. The zero-order chi connectivity index (χ0) is 15.5. The summed E-state index contributed by atoms with van der Waals surface area (Å²) in [6.45, 7) is 2.12. The van der Waals surface area contributed by atoms with Crippen molar-refractivity contribution in [2.24, 2.45) is 5.73 Å². The van der Waals surface area contributed by atoms with Crippen molar-refractivity contribution < 1.29 is 4.79 Å². The van der Waals surface area contributed by atoms with Gasteiger partial charge in [0, 0.05) is 17.3 Å². The zero-order valence-corrected chi connectivity index (χ0v) is 14.9. The molecule has 124 valence electrons. The zero-order valence-electron chi connectivity index (χ0n) is 13.3. The molecule has 0 saturated carbocycles. The first-order valence-corrected chi connectivity index (χ1v) is 8.68. The molecule has 0 saturated heterocycles. The standard InChI is InChI=1S/C18H22N2OS.ClH/c1-12-14-9-5-6-10-16(14)22-18(12)20-17(21)11-15(19)13-7-3-2-4-8-13;/h2-4,7-8,15H,5-6,9-11,19H2,1H3,(H,20,21);1H. The highest BCUT2D eigenvalue weighted by molar-refractivity contribution is 7.16. The Bertz CT molecular complexity index is 669. The number of halogens is 1. The molecule has 1 amide bonds. The topological polar surface area (TPSA) is 55.1 Å². The van der Waals surface area contributed by atoms with Gasteiger partial charge in [0.05, 0.1) is 5.00 Å². The molecule has 1 heterocycles. The molecule has 2 aromatic rings. The van der Waals surface area contributed by atoms with Gasteiger partial charge in [-0.3, -0.25) is 4.79 Å². The second-order valence-corrected chi connectivity index (χ2v) is 7.04. The van der Waals surface area contributed by atoms with E-state index in [9.17, 15) is 4.79 Å². The Labute approximate surface area is 147 Å². The summed E-state index contributed by atoms with van der Waals surface area (Å²) in [7, 11) is 0. The molecule has 0 bridgehead atoms. The molecule has 1 aliphatic carbocycles. The van der Waals surface area contributed by atoms with E-state index in [-0.39, 0.29) is 24.4 Å². The normalized spacial score (nSPS) is 14.5. The Morgan fingerprint density at radius 1 is 1.26 bits per heavy atom. The average molecular weight is 351 g/mol. The molecule has 0 radical (unpaired) electrons. The lowest BCUT2D eigenvalue weighted by Gasteiger charge is -2.12. The lowest BCUT2D eigenvalue weighted by molar-refractivity contribution is -0.116. The van der Waals surface area contributed by atoms with Crippen molar-refractivity contribution >= 4 is 34.7 Å². The fourth-order valence-corrected chi connectivity index (χ4v) is 4.35. The summed E-state index contributed by atoms with van der Waals surface area (Å²) in [5.74, 6) is -0.00181. The maximum absolute atomic E-state index is 12.3. The fourth-order valence-electron chi connectivity index (χ4n) is 3.04. The number of nitrogens with two attached hydrogens (primary N) is 1. The quantitative estimate of drug-likeness (QED) is 0.859. The Morgan fingerprint density at radius 2 is 1.96 bits per heavy atom. The van der Waals surface area contributed by atoms with Crippen molar-refractivity contribution in [1.82, 2.24) is 0 Å². The van der Waals surface area contributed by atoms with E-state index >= 15 is 0 Å². The van der Waals surface area contributed by atoms with Crippen LogP contribution in [0, 0.1) is 6.92 Å². The van der Waals surface area contributed by atoms with Crippen LogP contribution in [0.5, 0.6) is 0 Å². The number of benzene rings is 1. The molecular weight excluding hydrogens is 328 g/mol. The minimum atomic E-state index is -0.254. The van der Waals surface area contributed by atoms with E-state index in [1.165, 1.54) is 28.8 Å². The van der Waals surface area contributed by atoms with Gasteiger partial charge in [0.2, 0.25) is 5.91 Å². The van der Waals surface area contributed by atoms with Gasteiger partial charge >= 0.3 is 0 Å². The number of anilines is 1. The SMILES string of the molecule is Cc1c(NC(=O)CC(N)c2ccccc2)sc2c1CCCC2.Cl. The molecule has 3 rings (SSSR count). The largest absolute Gasteiger partial charge is 0.324 e. The van der Waals surface area contributed by atoms with E-state index in [1.807, 2.05) is 30.3 Å². The maximum Gasteiger partial charge on any atom is 0.226 e. The van der Waals surface area contributed by atoms with Crippen molar-refractivity contribution in [2.45, 2.75) is 45.1 Å². The van der Waals surface area contributed by atoms with Crippen LogP contribution in [0.25, 0.3) is 0 Å². The van der Waals surface area contributed by atoms with Gasteiger partial charge in [0.25, 0.3) is 0 Å². The first-order valence-electron chi connectivity index (χ1n) is 7.86. The van der Waals surface area contributed by atoms with Crippen molar-refractivity contribution in [1.29, 1.82) is 0 Å². The first kappa shape index (κ1) is 18.0. The number of hydrogen-bond acceptors (Lipinski definition) is 3. The number of fused-ring (bicyclic) bond motifs is 1. The van der Waals surface area contributed by atoms with Gasteiger partial charge in [-0.25, -0.2) is 0 Å². The minimum absolute atomic E-state index is 0. The van der Waals surface area contributed by atoms with Crippen LogP contribution in [0.15, 0.2) is 30.3 Å². The number of carbonyl (C=O) groups excluding carboxylic acids is 1. The highest BCUT2D eigenvalue weighted by Gasteiger charge is 2.20. The third-order valence-electron chi connectivity index (χ3n) is 4.32. The molecular formula is C18H23ClN2OS. The molecule has 1 aliphatic rings. The van der Waals surface area contributed by atoms with Gasteiger partial charge in [0.15, 0.2) is 0 Å². The lowest BCUT2D eigenvalue weighted by atomic mass is 9.96. The predicted molar refractivity (Wildman–Crippen MR) is 99.6 cm³/mol. The third-order valence-corrected chi connectivity index (χ3v) is 5.63. The van der Waals surface area contributed by atoms with Gasteiger partial charge < -0.3 is 11.1 Å². The summed E-state index contributed by atoms with van der Waals surface area (Å²) >= 11 is 1.74. The van der Waals surface area contributed by atoms with Crippen LogP contribution >= 0.6 is 23.7 Å². The molecule has 1 atom stereocenters. The molecule has 1 aromatic heterocycles. The fraction of sp³-hybridized carbons (Fsp3) is 0.389. The van der Waals surface area contributed by atoms with E-state index in [1.54, 1.807) is 11.3 Å². The summed E-state index contributed by atoms with van der Waals surface area (Å²) in [5, 5.41) is 4.08. The van der Waals surface area contributed by atoms with Crippen molar-refractivity contribution in [3.8, 4) is 0 Å². The molecule has 5 heteroatoms. The minimum Gasteiger partial charge on any atom is -0.324 e. The van der Waals surface area contributed by atoms with Gasteiger partial charge in [-0.1, -0.05) is 30.3 Å². The van der Waals surface area contributed by atoms with Gasteiger partial charge in [0.1, 0.15) is 0 Å². The summed E-state index contributed by atoms with van der Waals surface area (Å²) in [4.78, 5) is 13.7. The molecule has 0 aliphatic heterocycles. The molecule has 3 N–H and O–H groups in total. The Kier molecular flexibility index (Phi) is 6.22. The van der Waals surface area contributed by atoms with Crippen molar-refractivity contribution in [3.63, 3.8) is 0 Å². The molecule has 1 aromatic carbocycles. The predicted octanol–water partition coefficient (Wildman–Crippen LogP) is 4.39. The van der Waals surface area contributed by atoms with Crippen molar-refractivity contribution in [3.05, 3.63) is 51.9 Å². The number of carbonyl (C=O) groups is 1. The van der Waals surface area contributed by atoms with Crippen LogP contribution in [0.1, 0.15) is 46.9 Å². The maximum atomic E-state index is 12.3. The molecule has 1 unspecified atom stereocenters. The molecule has 23 heavy (non-hydrogen) atoms. The number of amides is 1. The Morgan fingerprint density at radius 3 is 2.65 bits per heavy atom. The number of thiophene rings is 1. The van der Waals surface area contributed by atoms with Gasteiger partial charge in [-0.05, 0) is 49.3 Å². The summed E-state index contributed by atoms with van der Waals surface area (Å²) < 4.78 is 0.